The van der Waals surface area contributed by atoms with Crippen molar-refractivity contribution in [1.82, 2.24) is 0 Å². The van der Waals surface area contributed by atoms with E-state index in [-0.39, 0.29) is 11.5 Å². The van der Waals surface area contributed by atoms with Gasteiger partial charge in [-0.1, -0.05) is 0 Å². The predicted octanol–water partition coefficient (Wildman–Crippen LogP) is 1.59. The molecule has 4 heteroatoms. The lowest BCUT2D eigenvalue weighted by Gasteiger charge is -2.09. The summed E-state index contributed by atoms with van der Waals surface area (Å²) in [6, 6.07) is 2.40. The summed E-state index contributed by atoms with van der Waals surface area (Å²) in [6.45, 7) is 1.49. The van der Waals surface area contributed by atoms with E-state index >= 15 is 0 Å². The number of hydrogen-bond donors (Lipinski definition) is 2. The van der Waals surface area contributed by atoms with E-state index in [1.165, 1.54) is 20.1 Å². The van der Waals surface area contributed by atoms with Gasteiger partial charge in [-0.3, -0.25) is 0 Å². The van der Waals surface area contributed by atoms with Crippen molar-refractivity contribution in [3.05, 3.63) is 23.5 Å². The van der Waals surface area contributed by atoms with Gasteiger partial charge in [-0.05, 0) is 24.6 Å². The first kappa shape index (κ1) is 9.80. The summed E-state index contributed by atoms with van der Waals surface area (Å²) in [5.41, 5.74) is 0.316. The monoisotopic (exact) mass is 186 g/mol. The Labute approximate surface area is 75.4 Å². The molecule has 0 aromatic heterocycles. The van der Waals surface area contributed by atoms with Crippen LogP contribution >= 0.6 is 0 Å². The molecule has 0 aliphatic heterocycles. The van der Waals surface area contributed by atoms with Crippen LogP contribution in [0.2, 0.25) is 0 Å². The second kappa shape index (κ2) is 3.62. The SMILES string of the molecule is COc1c(O)cc(C(C)O)cc1F. The molecule has 1 aromatic rings. The molecular formula is C9H11FO3. The number of aliphatic hydroxyl groups is 1. The van der Waals surface area contributed by atoms with Crippen molar-refractivity contribution in [2.24, 2.45) is 0 Å². The Bertz CT molecular complexity index is 287. The summed E-state index contributed by atoms with van der Waals surface area (Å²) in [4.78, 5) is 0. The minimum atomic E-state index is -0.814. The van der Waals surface area contributed by atoms with E-state index < -0.39 is 11.9 Å². The third-order valence-corrected chi connectivity index (χ3v) is 1.73. The quantitative estimate of drug-likeness (QED) is 0.737. The van der Waals surface area contributed by atoms with Crippen LogP contribution in [0.25, 0.3) is 0 Å². The second-order valence-electron chi connectivity index (χ2n) is 2.73. The van der Waals surface area contributed by atoms with Crippen molar-refractivity contribution >= 4 is 0 Å². The van der Waals surface area contributed by atoms with E-state index in [0.29, 0.717) is 5.56 Å². The number of phenols is 1. The smallest absolute Gasteiger partial charge is 0.196 e. The Hall–Kier alpha value is -1.29. The van der Waals surface area contributed by atoms with Crippen molar-refractivity contribution in [1.29, 1.82) is 0 Å². The lowest BCUT2D eigenvalue weighted by atomic mass is 10.1. The zero-order valence-corrected chi connectivity index (χ0v) is 7.41. The highest BCUT2D eigenvalue weighted by molar-refractivity contribution is 5.43. The van der Waals surface area contributed by atoms with Gasteiger partial charge in [-0.15, -0.1) is 0 Å². The number of aliphatic hydroxyl groups excluding tert-OH is 1. The topological polar surface area (TPSA) is 49.7 Å². The molecule has 0 saturated heterocycles. The van der Waals surface area contributed by atoms with E-state index in [1.807, 2.05) is 0 Å². The van der Waals surface area contributed by atoms with E-state index in [1.54, 1.807) is 0 Å². The third-order valence-electron chi connectivity index (χ3n) is 1.73. The molecule has 0 heterocycles. The molecule has 1 unspecified atom stereocenters. The highest BCUT2D eigenvalue weighted by atomic mass is 19.1. The Kier molecular flexibility index (Phi) is 2.72. The third kappa shape index (κ3) is 1.89. The molecule has 72 valence electrons. The van der Waals surface area contributed by atoms with Gasteiger partial charge in [0.05, 0.1) is 13.2 Å². The van der Waals surface area contributed by atoms with Gasteiger partial charge < -0.3 is 14.9 Å². The molecule has 1 rings (SSSR count). The molecule has 1 aromatic carbocycles. The van der Waals surface area contributed by atoms with Gasteiger partial charge in [0.25, 0.3) is 0 Å². The number of phenolic OH excluding ortho intramolecular Hbond substituents is 1. The molecule has 0 bridgehead atoms. The largest absolute Gasteiger partial charge is 0.504 e. The Balaban J connectivity index is 3.20. The lowest BCUT2D eigenvalue weighted by molar-refractivity contribution is 0.198. The fourth-order valence-electron chi connectivity index (χ4n) is 1.04. The molecule has 0 aliphatic carbocycles. The average molecular weight is 186 g/mol. The van der Waals surface area contributed by atoms with Crippen molar-refractivity contribution < 1.29 is 19.3 Å². The zero-order chi connectivity index (χ0) is 10.0. The summed E-state index contributed by atoms with van der Waals surface area (Å²) in [5, 5.41) is 18.4. The van der Waals surface area contributed by atoms with E-state index in [4.69, 9.17) is 5.11 Å². The summed E-state index contributed by atoms with van der Waals surface area (Å²) < 4.78 is 17.7. The van der Waals surface area contributed by atoms with Crippen LogP contribution in [0.3, 0.4) is 0 Å². The molecule has 1 atom stereocenters. The second-order valence-corrected chi connectivity index (χ2v) is 2.73. The van der Waals surface area contributed by atoms with Crippen LogP contribution in [0.4, 0.5) is 4.39 Å². The first-order chi connectivity index (χ1) is 6.06. The molecule has 0 spiro atoms. The molecule has 0 fully saturated rings. The maximum absolute atomic E-state index is 13.1. The van der Waals surface area contributed by atoms with Crippen molar-refractivity contribution in [2.75, 3.05) is 7.11 Å². The van der Waals surface area contributed by atoms with Gasteiger partial charge in [0.15, 0.2) is 17.3 Å². The average Bonchev–Trinajstić information content (AvgIpc) is 2.03. The van der Waals surface area contributed by atoms with Crippen LogP contribution in [-0.2, 0) is 0 Å². The first-order valence-corrected chi connectivity index (χ1v) is 3.80. The number of ether oxygens (including phenoxy) is 1. The fraction of sp³-hybridized carbons (Fsp3) is 0.333. The predicted molar refractivity (Wildman–Crippen MR) is 45.3 cm³/mol. The molecule has 0 amide bonds. The Morgan fingerprint density at radius 2 is 2.08 bits per heavy atom. The molecule has 3 nitrogen and oxygen atoms in total. The first-order valence-electron chi connectivity index (χ1n) is 3.80. The number of aromatic hydroxyl groups is 1. The van der Waals surface area contributed by atoms with Crippen molar-refractivity contribution in [3.8, 4) is 11.5 Å². The Morgan fingerprint density at radius 1 is 1.46 bits per heavy atom. The van der Waals surface area contributed by atoms with Gasteiger partial charge in [-0.25, -0.2) is 4.39 Å². The van der Waals surface area contributed by atoms with Crippen LogP contribution < -0.4 is 4.74 Å². The summed E-state index contributed by atoms with van der Waals surface area (Å²) in [6.07, 6.45) is -0.814. The molecule has 13 heavy (non-hydrogen) atoms. The van der Waals surface area contributed by atoms with Crippen LogP contribution in [-0.4, -0.2) is 17.3 Å². The molecule has 0 saturated carbocycles. The summed E-state index contributed by atoms with van der Waals surface area (Å²) >= 11 is 0. The molecular weight excluding hydrogens is 175 g/mol. The minimum absolute atomic E-state index is 0.204. The van der Waals surface area contributed by atoms with Gasteiger partial charge in [0.1, 0.15) is 0 Å². The Morgan fingerprint density at radius 3 is 2.46 bits per heavy atom. The number of methoxy groups -OCH3 is 1. The fourth-order valence-corrected chi connectivity index (χ4v) is 1.04. The standard InChI is InChI=1S/C9H11FO3/c1-5(11)6-3-7(10)9(13-2)8(12)4-6/h3-5,11-12H,1-2H3. The highest BCUT2D eigenvalue weighted by Gasteiger charge is 2.12. The molecule has 0 aliphatic rings. The summed E-state index contributed by atoms with van der Waals surface area (Å²) in [5.74, 6) is -1.19. The van der Waals surface area contributed by atoms with Gasteiger partial charge in [0, 0.05) is 0 Å². The van der Waals surface area contributed by atoms with Crippen LogP contribution in [0.5, 0.6) is 11.5 Å². The van der Waals surface area contributed by atoms with Crippen LogP contribution in [0.1, 0.15) is 18.6 Å². The van der Waals surface area contributed by atoms with Crippen molar-refractivity contribution in [3.63, 3.8) is 0 Å². The van der Waals surface area contributed by atoms with Crippen molar-refractivity contribution in [2.45, 2.75) is 13.0 Å². The highest BCUT2D eigenvalue weighted by Crippen LogP contribution is 2.32. The van der Waals surface area contributed by atoms with Gasteiger partial charge >= 0.3 is 0 Å². The zero-order valence-electron chi connectivity index (χ0n) is 7.41. The van der Waals surface area contributed by atoms with E-state index in [9.17, 15) is 9.50 Å². The van der Waals surface area contributed by atoms with Gasteiger partial charge in [0.2, 0.25) is 0 Å². The summed E-state index contributed by atoms with van der Waals surface area (Å²) in [7, 11) is 1.26. The normalized spacial score (nSPS) is 12.6. The van der Waals surface area contributed by atoms with Crippen LogP contribution in [0.15, 0.2) is 12.1 Å². The maximum Gasteiger partial charge on any atom is 0.196 e. The van der Waals surface area contributed by atoms with E-state index in [2.05, 4.69) is 4.74 Å². The number of hydrogen-bond acceptors (Lipinski definition) is 3. The number of rotatable bonds is 2. The van der Waals surface area contributed by atoms with Crippen LogP contribution in [0, 0.1) is 5.82 Å². The van der Waals surface area contributed by atoms with E-state index in [0.717, 1.165) is 6.07 Å². The molecule has 0 radical (unpaired) electrons. The molecule has 2 N–H and O–H groups in total. The minimum Gasteiger partial charge on any atom is -0.504 e. The van der Waals surface area contributed by atoms with Gasteiger partial charge in [-0.2, -0.15) is 0 Å². The lowest BCUT2D eigenvalue weighted by Crippen LogP contribution is -1.95. The maximum atomic E-state index is 13.1. The number of halogens is 1. The number of benzene rings is 1.